The van der Waals surface area contributed by atoms with Gasteiger partial charge in [0.15, 0.2) is 0 Å². The van der Waals surface area contributed by atoms with Gasteiger partial charge >= 0.3 is 0 Å². The fraction of sp³-hybridized carbons (Fsp3) is 0.0714. The van der Waals surface area contributed by atoms with Gasteiger partial charge in [-0.3, -0.25) is 30.6 Å². The van der Waals surface area contributed by atoms with Crippen LogP contribution in [0.25, 0.3) is 0 Å². The molecule has 3 N–H and O–H groups in total. The van der Waals surface area contributed by atoms with E-state index in [4.69, 9.17) is 0 Å². The number of pyridine rings is 1. The molecule has 0 saturated heterocycles. The van der Waals surface area contributed by atoms with Crippen molar-refractivity contribution in [1.29, 1.82) is 0 Å². The van der Waals surface area contributed by atoms with Crippen LogP contribution in [-0.4, -0.2) is 21.7 Å². The van der Waals surface area contributed by atoms with E-state index >= 15 is 0 Å². The van der Waals surface area contributed by atoms with Crippen molar-refractivity contribution in [1.82, 2.24) is 10.4 Å². The number of benzene rings is 1. The van der Waals surface area contributed by atoms with Gasteiger partial charge in [0.1, 0.15) is 12.0 Å². The maximum atomic E-state index is 12.0. The summed E-state index contributed by atoms with van der Waals surface area (Å²) in [6.07, 6.45) is 1.08. The van der Waals surface area contributed by atoms with Crippen LogP contribution in [0.4, 0.5) is 17.2 Å². The van der Waals surface area contributed by atoms with Gasteiger partial charge in [-0.05, 0) is 24.3 Å². The largest absolute Gasteiger partial charge is 0.326 e. The Morgan fingerprint density at radius 2 is 2.00 bits per heavy atom. The Balaban J connectivity index is 1.99. The zero-order chi connectivity index (χ0) is 16.8. The Labute approximate surface area is 130 Å². The highest BCUT2D eigenvalue weighted by Crippen LogP contribution is 2.12. The number of hydrazine groups is 1. The number of anilines is 2. The predicted octanol–water partition coefficient (Wildman–Crippen LogP) is 1.71. The first-order valence-electron chi connectivity index (χ1n) is 6.50. The Morgan fingerprint density at radius 1 is 1.22 bits per heavy atom. The summed E-state index contributed by atoms with van der Waals surface area (Å²) in [5.41, 5.74) is 5.63. The molecule has 9 heteroatoms. The number of hydrogen-bond acceptors (Lipinski definition) is 6. The molecule has 9 nitrogen and oxygen atoms in total. The molecule has 2 amide bonds. The molecule has 0 spiro atoms. The minimum Gasteiger partial charge on any atom is -0.326 e. The zero-order valence-electron chi connectivity index (χ0n) is 12.1. The monoisotopic (exact) mass is 315 g/mol. The molecule has 0 saturated carbocycles. The average molecular weight is 315 g/mol. The topological polar surface area (TPSA) is 126 Å². The van der Waals surface area contributed by atoms with E-state index in [0.717, 1.165) is 6.20 Å². The predicted molar refractivity (Wildman–Crippen MR) is 82.7 cm³/mol. The zero-order valence-corrected chi connectivity index (χ0v) is 12.1. The van der Waals surface area contributed by atoms with Gasteiger partial charge < -0.3 is 5.32 Å². The Bertz CT molecular complexity index is 745. The van der Waals surface area contributed by atoms with E-state index in [9.17, 15) is 19.7 Å². The number of nitrogens with zero attached hydrogens (tertiary/aromatic N) is 2. The van der Waals surface area contributed by atoms with Gasteiger partial charge in [0.2, 0.25) is 5.91 Å². The highest BCUT2D eigenvalue weighted by Gasteiger charge is 2.08. The number of amides is 2. The number of rotatable bonds is 5. The standard InChI is InChI=1S/C14H13N5O4/c1-9(20)16-11-4-2-3-10(7-11)14(21)18-17-13-6-5-12(8-15-13)19(22)23/h2-8H,1H3,(H,15,17)(H,16,20)(H,18,21). The van der Waals surface area contributed by atoms with Crippen molar-refractivity contribution in [2.24, 2.45) is 0 Å². The van der Waals surface area contributed by atoms with Crippen LogP contribution in [0.2, 0.25) is 0 Å². The lowest BCUT2D eigenvalue weighted by Crippen LogP contribution is -2.29. The molecular formula is C14H13N5O4. The quantitative estimate of drug-likeness (QED) is 0.569. The van der Waals surface area contributed by atoms with Crippen LogP contribution in [0.15, 0.2) is 42.6 Å². The molecule has 23 heavy (non-hydrogen) atoms. The van der Waals surface area contributed by atoms with Crippen LogP contribution < -0.4 is 16.2 Å². The third kappa shape index (κ3) is 4.49. The second-order valence-electron chi connectivity index (χ2n) is 4.50. The summed E-state index contributed by atoms with van der Waals surface area (Å²) in [4.78, 5) is 36.8. The second kappa shape index (κ2) is 6.98. The number of hydrogen-bond donors (Lipinski definition) is 3. The minimum atomic E-state index is -0.567. The first kappa shape index (κ1) is 15.9. The molecule has 2 aromatic rings. The molecule has 0 fully saturated rings. The summed E-state index contributed by atoms with van der Waals surface area (Å²) in [7, 11) is 0. The molecule has 0 atom stereocenters. The molecule has 1 aromatic carbocycles. The van der Waals surface area contributed by atoms with Crippen LogP contribution in [0, 0.1) is 10.1 Å². The Hall–Kier alpha value is -3.49. The fourth-order valence-corrected chi connectivity index (χ4v) is 1.70. The van der Waals surface area contributed by atoms with Gasteiger partial charge in [-0.25, -0.2) is 4.98 Å². The van der Waals surface area contributed by atoms with Gasteiger partial charge in [-0.2, -0.15) is 0 Å². The summed E-state index contributed by atoms with van der Waals surface area (Å²) >= 11 is 0. The maximum Gasteiger partial charge on any atom is 0.287 e. The number of aromatic nitrogens is 1. The molecule has 118 valence electrons. The van der Waals surface area contributed by atoms with Crippen molar-refractivity contribution in [3.8, 4) is 0 Å². The van der Waals surface area contributed by atoms with Crippen molar-refractivity contribution in [3.63, 3.8) is 0 Å². The van der Waals surface area contributed by atoms with E-state index in [0.29, 0.717) is 11.3 Å². The summed E-state index contributed by atoms with van der Waals surface area (Å²) in [5, 5.41) is 13.1. The normalized spacial score (nSPS) is 9.78. The number of carbonyl (C=O) groups excluding carboxylic acids is 2. The van der Waals surface area contributed by atoms with E-state index in [2.05, 4.69) is 21.2 Å². The molecule has 0 aliphatic heterocycles. The summed E-state index contributed by atoms with van der Waals surface area (Å²) in [6.45, 7) is 1.37. The lowest BCUT2D eigenvalue weighted by molar-refractivity contribution is -0.385. The van der Waals surface area contributed by atoms with E-state index in [1.165, 1.54) is 25.1 Å². The Kier molecular flexibility index (Phi) is 4.82. The average Bonchev–Trinajstić information content (AvgIpc) is 2.52. The molecule has 0 unspecified atom stereocenters. The highest BCUT2D eigenvalue weighted by atomic mass is 16.6. The maximum absolute atomic E-state index is 12.0. The minimum absolute atomic E-state index is 0.148. The molecule has 0 aliphatic carbocycles. The molecule has 0 bridgehead atoms. The first-order valence-corrected chi connectivity index (χ1v) is 6.50. The number of nitrogens with one attached hydrogen (secondary N) is 3. The van der Waals surface area contributed by atoms with Crippen molar-refractivity contribution in [2.45, 2.75) is 6.92 Å². The summed E-state index contributed by atoms with van der Waals surface area (Å²) in [5.74, 6) is -0.435. The lowest BCUT2D eigenvalue weighted by Gasteiger charge is -2.08. The molecule has 0 aliphatic rings. The van der Waals surface area contributed by atoms with Gasteiger partial charge in [-0.1, -0.05) is 6.07 Å². The molecule has 1 heterocycles. The number of nitro groups is 1. The molecule has 2 rings (SSSR count). The van der Waals surface area contributed by atoms with Crippen LogP contribution in [0.1, 0.15) is 17.3 Å². The van der Waals surface area contributed by atoms with Crippen molar-refractivity contribution < 1.29 is 14.5 Å². The first-order chi connectivity index (χ1) is 11.0. The molecular weight excluding hydrogens is 302 g/mol. The number of carbonyl (C=O) groups is 2. The highest BCUT2D eigenvalue weighted by molar-refractivity contribution is 5.97. The van der Waals surface area contributed by atoms with E-state index in [1.807, 2.05) is 0 Å². The van der Waals surface area contributed by atoms with E-state index in [1.54, 1.807) is 18.2 Å². The van der Waals surface area contributed by atoms with Gasteiger partial charge in [0.25, 0.3) is 11.6 Å². The van der Waals surface area contributed by atoms with Crippen molar-refractivity contribution in [3.05, 3.63) is 58.3 Å². The third-order valence-electron chi connectivity index (χ3n) is 2.71. The van der Waals surface area contributed by atoms with Crippen LogP contribution in [-0.2, 0) is 4.79 Å². The van der Waals surface area contributed by atoms with Gasteiger partial charge in [0.05, 0.1) is 4.92 Å². The molecule has 0 radical (unpaired) electrons. The summed E-state index contributed by atoms with van der Waals surface area (Å²) in [6, 6.07) is 9.01. The van der Waals surface area contributed by atoms with Crippen molar-refractivity contribution in [2.75, 3.05) is 10.7 Å². The van der Waals surface area contributed by atoms with Crippen LogP contribution >= 0.6 is 0 Å². The van der Waals surface area contributed by atoms with Gasteiger partial charge in [-0.15, -0.1) is 0 Å². The van der Waals surface area contributed by atoms with Gasteiger partial charge in [0, 0.05) is 24.2 Å². The SMILES string of the molecule is CC(=O)Nc1cccc(C(=O)NNc2ccc([N+](=O)[O-])cn2)c1. The van der Waals surface area contributed by atoms with Crippen LogP contribution in [0.3, 0.4) is 0 Å². The van der Waals surface area contributed by atoms with Crippen molar-refractivity contribution >= 4 is 29.0 Å². The Morgan fingerprint density at radius 3 is 2.61 bits per heavy atom. The van der Waals surface area contributed by atoms with Crippen LogP contribution in [0.5, 0.6) is 0 Å². The second-order valence-corrected chi connectivity index (χ2v) is 4.50. The fourth-order valence-electron chi connectivity index (χ4n) is 1.70. The third-order valence-corrected chi connectivity index (χ3v) is 2.71. The summed E-state index contributed by atoms with van der Waals surface area (Å²) < 4.78 is 0. The smallest absolute Gasteiger partial charge is 0.287 e. The van der Waals surface area contributed by atoms with E-state index in [-0.39, 0.29) is 17.4 Å². The lowest BCUT2D eigenvalue weighted by atomic mass is 10.2. The van der Waals surface area contributed by atoms with E-state index < -0.39 is 10.8 Å². The molecule has 1 aromatic heterocycles.